The molecule has 0 spiro atoms. The zero-order chi connectivity index (χ0) is 11.0. The number of aryl methyl sites for hydroxylation is 2. The Morgan fingerprint density at radius 1 is 1.33 bits per heavy atom. The SMILES string of the molecule is CCc1nc2cc(Cl)c(F)cc2cc1C. The van der Waals surface area contributed by atoms with E-state index >= 15 is 0 Å². The first-order valence-corrected chi connectivity index (χ1v) is 5.25. The highest BCUT2D eigenvalue weighted by molar-refractivity contribution is 6.31. The predicted molar refractivity (Wildman–Crippen MR) is 60.8 cm³/mol. The van der Waals surface area contributed by atoms with E-state index in [1.54, 1.807) is 6.07 Å². The Morgan fingerprint density at radius 3 is 2.73 bits per heavy atom. The van der Waals surface area contributed by atoms with Gasteiger partial charge in [-0.15, -0.1) is 0 Å². The number of aromatic nitrogens is 1. The quantitative estimate of drug-likeness (QED) is 0.715. The lowest BCUT2D eigenvalue weighted by Crippen LogP contribution is -1.93. The summed E-state index contributed by atoms with van der Waals surface area (Å²) in [5.41, 5.74) is 2.88. The van der Waals surface area contributed by atoms with E-state index < -0.39 is 5.82 Å². The van der Waals surface area contributed by atoms with Gasteiger partial charge in [-0.1, -0.05) is 18.5 Å². The smallest absolute Gasteiger partial charge is 0.142 e. The van der Waals surface area contributed by atoms with E-state index in [2.05, 4.69) is 4.98 Å². The highest BCUT2D eigenvalue weighted by Gasteiger charge is 2.06. The zero-order valence-corrected chi connectivity index (χ0v) is 9.40. The monoisotopic (exact) mass is 223 g/mol. The van der Waals surface area contributed by atoms with Crippen molar-refractivity contribution in [3.63, 3.8) is 0 Å². The van der Waals surface area contributed by atoms with Crippen LogP contribution in [-0.2, 0) is 6.42 Å². The van der Waals surface area contributed by atoms with Gasteiger partial charge in [0.05, 0.1) is 10.5 Å². The largest absolute Gasteiger partial charge is 0.253 e. The fourth-order valence-corrected chi connectivity index (χ4v) is 1.83. The van der Waals surface area contributed by atoms with E-state index in [9.17, 15) is 4.39 Å². The summed E-state index contributed by atoms with van der Waals surface area (Å²) in [7, 11) is 0. The van der Waals surface area contributed by atoms with Crippen molar-refractivity contribution in [2.24, 2.45) is 0 Å². The maximum Gasteiger partial charge on any atom is 0.142 e. The second kappa shape index (κ2) is 3.78. The van der Waals surface area contributed by atoms with Crippen LogP contribution in [0, 0.1) is 12.7 Å². The molecular formula is C12H11ClFN. The van der Waals surface area contributed by atoms with Gasteiger partial charge < -0.3 is 0 Å². The van der Waals surface area contributed by atoms with E-state index in [-0.39, 0.29) is 5.02 Å². The Hall–Kier alpha value is -1.15. The second-order valence-corrected chi connectivity index (χ2v) is 3.97. The third kappa shape index (κ3) is 1.82. The van der Waals surface area contributed by atoms with Gasteiger partial charge >= 0.3 is 0 Å². The number of pyridine rings is 1. The Balaban J connectivity index is 2.76. The topological polar surface area (TPSA) is 12.9 Å². The average molecular weight is 224 g/mol. The molecule has 0 fully saturated rings. The van der Waals surface area contributed by atoms with Crippen molar-refractivity contribution >= 4 is 22.5 Å². The summed E-state index contributed by atoms with van der Waals surface area (Å²) >= 11 is 5.71. The molecule has 1 aromatic heterocycles. The molecule has 0 unspecified atom stereocenters. The van der Waals surface area contributed by atoms with Crippen molar-refractivity contribution in [2.75, 3.05) is 0 Å². The summed E-state index contributed by atoms with van der Waals surface area (Å²) < 4.78 is 13.2. The number of rotatable bonds is 1. The zero-order valence-electron chi connectivity index (χ0n) is 8.64. The summed E-state index contributed by atoms with van der Waals surface area (Å²) in [4.78, 5) is 4.44. The highest BCUT2D eigenvalue weighted by Crippen LogP contribution is 2.23. The standard InChI is InChI=1S/C12H11ClFN/c1-3-11-7(2)4-8-5-10(14)9(13)6-12(8)15-11/h4-6H,3H2,1-2H3. The van der Waals surface area contributed by atoms with Gasteiger partial charge in [0.15, 0.2) is 0 Å². The Kier molecular flexibility index (Phi) is 2.61. The molecule has 0 radical (unpaired) electrons. The molecule has 2 aromatic rings. The summed E-state index contributed by atoms with van der Waals surface area (Å²) in [6.45, 7) is 4.03. The lowest BCUT2D eigenvalue weighted by Gasteiger charge is -2.05. The number of benzene rings is 1. The first kappa shape index (κ1) is 10.4. The highest BCUT2D eigenvalue weighted by atomic mass is 35.5. The van der Waals surface area contributed by atoms with Crippen LogP contribution >= 0.6 is 11.6 Å². The van der Waals surface area contributed by atoms with Crippen LogP contribution in [0.5, 0.6) is 0 Å². The normalized spacial score (nSPS) is 10.9. The van der Waals surface area contributed by atoms with E-state index in [4.69, 9.17) is 11.6 Å². The van der Waals surface area contributed by atoms with Crippen LogP contribution in [0.1, 0.15) is 18.2 Å². The molecule has 0 aliphatic heterocycles. The Morgan fingerprint density at radius 2 is 2.07 bits per heavy atom. The number of hydrogen-bond acceptors (Lipinski definition) is 1. The summed E-state index contributed by atoms with van der Waals surface area (Å²) in [5, 5.41) is 0.924. The van der Waals surface area contributed by atoms with Gasteiger partial charge in [-0.05, 0) is 37.1 Å². The van der Waals surface area contributed by atoms with Gasteiger partial charge in [0.1, 0.15) is 5.82 Å². The molecule has 1 heterocycles. The first-order valence-electron chi connectivity index (χ1n) is 4.87. The van der Waals surface area contributed by atoms with E-state index in [0.29, 0.717) is 0 Å². The summed E-state index contributed by atoms with van der Waals surface area (Å²) in [6, 6.07) is 4.95. The van der Waals surface area contributed by atoms with Gasteiger partial charge in [0.2, 0.25) is 0 Å². The maximum atomic E-state index is 13.2. The number of fused-ring (bicyclic) bond motifs is 1. The molecule has 0 N–H and O–H groups in total. The van der Waals surface area contributed by atoms with Crippen molar-refractivity contribution in [1.29, 1.82) is 0 Å². The molecule has 0 saturated heterocycles. The van der Waals surface area contributed by atoms with Gasteiger partial charge in [0, 0.05) is 11.1 Å². The molecule has 0 saturated carbocycles. The molecule has 0 aliphatic rings. The molecular weight excluding hydrogens is 213 g/mol. The minimum Gasteiger partial charge on any atom is -0.253 e. The molecule has 1 nitrogen and oxygen atoms in total. The fourth-order valence-electron chi connectivity index (χ4n) is 1.67. The lowest BCUT2D eigenvalue weighted by molar-refractivity contribution is 0.630. The molecule has 3 heteroatoms. The van der Waals surface area contributed by atoms with Gasteiger partial charge in [0.25, 0.3) is 0 Å². The number of halogens is 2. The predicted octanol–water partition coefficient (Wildman–Crippen LogP) is 3.90. The van der Waals surface area contributed by atoms with Crippen LogP contribution in [0.3, 0.4) is 0 Å². The minimum absolute atomic E-state index is 0.126. The maximum absolute atomic E-state index is 13.2. The van der Waals surface area contributed by atoms with E-state index in [0.717, 1.165) is 28.6 Å². The molecule has 0 bridgehead atoms. The summed E-state index contributed by atoms with van der Waals surface area (Å²) in [5.74, 6) is -0.394. The van der Waals surface area contributed by atoms with Crippen LogP contribution < -0.4 is 0 Å². The average Bonchev–Trinajstić information content (AvgIpc) is 2.20. The molecule has 1 aromatic carbocycles. The Labute approximate surface area is 92.9 Å². The van der Waals surface area contributed by atoms with Crippen LogP contribution in [-0.4, -0.2) is 4.98 Å². The van der Waals surface area contributed by atoms with Crippen molar-refractivity contribution in [3.8, 4) is 0 Å². The van der Waals surface area contributed by atoms with Gasteiger partial charge in [-0.3, -0.25) is 4.98 Å². The Bertz CT molecular complexity index is 523. The van der Waals surface area contributed by atoms with Gasteiger partial charge in [-0.2, -0.15) is 0 Å². The lowest BCUT2D eigenvalue weighted by atomic mass is 10.1. The van der Waals surface area contributed by atoms with Crippen LogP contribution in [0.15, 0.2) is 18.2 Å². The number of nitrogens with zero attached hydrogens (tertiary/aromatic N) is 1. The van der Waals surface area contributed by atoms with E-state index in [1.165, 1.54) is 6.07 Å². The van der Waals surface area contributed by atoms with Gasteiger partial charge in [-0.25, -0.2) is 4.39 Å². The van der Waals surface area contributed by atoms with Crippen LogP contribution in [0.2, 0.25) is 5.02 Å². The molecule has 78 valence electrons. The second-order valence-electron chi connectivity index (χ2n) is 3.56. The number of hydrogen-bond donors (Lipinski definition) is 0. The molecule has 0 amide bonds. The van der Waals surface area contributed by atoms with Crippen molar-refractivity contribution < 1.29 is 4.39 Å². The van der Waals surface area contributed by atoms with Crippen LogP contribution in [0.25, 0.3) is 10.9 Å². The molecule has 0 aliphatic carbocycles. The minimum atomic E-state index is -0.394. The molecule has 15 heavy (non-hydrogen) atoms. The third-order valence-electron chi connectivity index (χ3n) is 2.49. The fraction of sp³-hybridized carbons (Fsp3) is 0.250. The summed E-state index contributed by atoms with van der Waals surface area (Å²) in [6.07, 6.45) is 0.872. The first-order chi connectivity index (χ1) is 7.11. The third-order valence-corrected chi connectivity index (χ3v) is 2.78. The van der Waals surface area contributed by atoms with Crippen molar-refractivity contribution in [2.45, 2.75) is 20.3 Å². The van der Waals surface area contributed by atoms with E-state index in [1.807, 2.05) is 19.9 Å². The van der Waals surface area contributed by atoms with Crippen LogP contribution in [0.4, 0.5) is 4.39 Å². The van der Waals surface area contributed by atoms with Crippen molar-refractivity contribution in [3.05, 3.63) is 40.3 Å². The molecule has 0 atom stereocenters. The molecule has 2 rings (SSSR count). The van der Waals surface area contributed by atoms with Crippen molar-refractivity contribution in [1.82, 2.24) is 4.98 Å².